The Labute approximate surface area is 215 Å². The van der Waals surface area contributed by atoms with Gasteiger partial charge in [0, 0.05) is 12.1 Å². The van der Waals surface area contributed by atoms with Crippen LogP contribution in [0.3, 0.4) is 0 Å². The van der Waals surface area contributed by atoms with Crippen LogP contribution in [-0.4, -0.2) is 22.7 Å². The zero-order chi connectivity index (χ0) is 25.8. The molecule has 1 heterocycles. The second-order valence-corrected chi connectivity index (χ2v) is 9.25. The van der Waals surface area contributed by atoms with Gasteiger partial charge < -0.3 is 14.6 Å². The van der Waals surface area contributed by atoms with E-state index in [1.807, 2.05) is 68.4 Å². The number of unbranched alkanes of at least 4 members (excludes halogenated alkanes) is 5. The lowest BCUT2D eigenvalue weighted by molar-refractivity contribution is 0.0493. The molecule has 36 heavy (non-hydrogen) atoms. The number of carbonyl (C=O) groups excluding carboxylic acids is 1. The lowest BCUT2D eigenvalue weighted by atomic mass is 9.98. The van der Waals surface area contributed by atoms with Gasteiger partial charge in [0.2, 0.25) is 0 Å². The van der Waals surface area contributed by atoms with E-state index in [4.69, 9.17) is 14.5 Å². The molecular formula is C31H39NO4. The fourth-order valence-corrected chi connectivity index (χ4v) is 4.26. The number of rotatable bonds is 14. The van der Waals surface area contributed by atoms with Crippen LogP contribution < -0.4 is 4.74 Å². The van der Waals surface area contributed by atoms with Crippen molar-refractivity contribution >= 4 is 5.97 Å². The van der Waals surface area contributed by atoms with E-state index in [0.717, 1.165) is 48.4 Å². The van der Waals surface area contributed by atoms with E-state index < -0.39 is 5.97 Å². The Balaban J connectivity index is 1.76. The third kappa shape index (κ3) is 7.84. The summed E-state index contributed by atoms with van der Waals surface area (Å²) in [4.78, 5) is 17.8. The molecule has 0 aliphatic rings. The highest BCUT2D eigenvalue weighted by Gasteiger charge is 2.23. The molecule has 0 spiro atoms. The van der Waals surface area contributed by atoms with Crippen molar-refractivity contribution in [1.82, 2.24) is 4.98 Å². The first-order valence-corrected chi connectivity index (χ1v) is 13.2. The Bertz CT molecular complexity index is 1110. The van der Waals surface area contributed by atoms with Crippen LogP contribution in [0.4, 0.5) is 0 Å². The molecular weight excluding hydrogens is 450 g/mol. The molecule has 0 amide bonds. The minimum atomic E-state index is -0.472. The van der Waals surface area contributed by atoms with Crippen molar-refractivity contribution in [1.29, 1.82) is 0 Å². The van der Waals surface area contributed by atoms with Crippen molar-refractivity contribution in [2.75, 3.05) is 6.61 Å². The average Bonchev–Trinajstić information content (AvgIpc) is 2.87. The monoisotopic (exact) mass is 489 g/mol. The highest BCUT2D eigenvalue weighted by Crippen LogP contribution is 2.30. The van der Waals surface area contributed by atoms with E-state index in [1.165, 1.54) is 19.3 Å². The molecule has 0 bridgehead atoms. The van der Waals surface area contributed by atoms with E-state index in [9.17, 15) is 9.90 Å². The normalized spacial score (nSPS) is 10.9. The number of aromatic hydroxyl groups is 1. The smallest absolute Gasteiger partial charge is 0.342 e. The predicted molar refractivity (Wildman–Crippen MR) is 144 cm³/mol. The summed E-state index contributed by atoms with van der Waals surface area (Å²) >= 11 is 0. The Morgan fingerprint density at radius 1 is 0.861 bits per heavy atom. The number of ether oxygens (including phenoxy) is 2. The van der Waals surface area contributed by atoms with Crippen LogP contribution >= 0.6 is 0 Å². The number of hydrogen-bond acceptors (Lipinski definition) is 5. The summed E-state index contributed by atoms with van der Waals surface area (Å²) in [5.74, 6) is 0.990. The molecule has 192 valence electrons. The van der Waals surface area contributed by atoms with Crippen molar-refractivity contribution in [2.45, 2.75) is 78.6 Å². The molecule has 0 saturated heterocycles. The SMILES string of the molecule is CCCCCCCCOC(=O)c1c(C)c(Cc2cccc(Oc3ccccc3)c2)nc(CCC)c1O. The standard InChI is InChI=1S/C31H39NO4/c1-4-6-7-8-9-13-20-35-31(34)29-23(3)28(32-27(15-5-2)30(29)33)22-24-16-14-19-26(21-24)36-25-17-11-10-12-18-25/h10-12,14,16-19,21,33H,4-9,13,15,20,22H2,1-3H3. The van der Waals surface area contributed by atoms with E-state index >= 15 is 0 Å². The molecule has 0 radical (unpaired) electrons. The van der Waals surface area contributed by atoms with Crippen molar-refractivity contribution in [3.63, 3.8) is 0 Å². The van der Waals surface area contributed by atoms with Crippen LogP contribution in [0.15, 0.2) is 54.6 Å². The quantitative estimate of drug-likeness (QED) is 0.184. The number of esters is 1. The maximum atomic E-state index is 13.0. The minimum Gasteiger partial charge on any atom is -0.505 e. The van der Waals surface area contributed by atoms with Gasteiger partial charge in [0.15, 0.2) is 5.75 Å². The Morgan fingerprint density at radius 3 is 2.33 bits per heavy atom. The topological polar surface area (TPSA) is 68.7 Å². The molecule has 0 saturated carbocycles. The van der Waals surface area contributed by atoms with Crippen LogP contribution in [-0.2, 0) is 17.6 Å². The number of nitrogens with zero attached hydrogens (tertiary/aromatic N) is 1. The zero-order valence-electron chi connectivity index (χ0n) is 21.9. The number of para-hydroxylation sites is 1. The summed E-state index contributed by atoms with van der Waals surface area (Å²) in [6.45, 7) is 6.43. The molecule has 5 nitrogen and oxygen atoms in total. The van der Waals surface area contributed by atoms with Gasteiger partial charge in [-0.25, -0.2) is 4.79 Å². The van der Waals surface area contributed by atoms with Gasteiger partial charge in [0.05, 0.1) is 12.3 Å². The third-order valence-electron chi connectivity index (χ3n) is 6.26. The zero-order valence-corrected chi connectivity index (χ0v) is 21.9. The van der Waals surface area contributed by atoms with Gasteiger partial charge in [0.25, 0.3) is 0 Å². The fourth-order valence-electron chi connectivity index (χ4n) is 4.26. The maximum absolute atomic E-state index is 13.0. The fraction of sp³-hybridized carbons (Fsp3) is 0.419. The summed E-state index contributed by atoms with van der Waals surface area (Å²) in [5, 5.41) is 10.9. The van der Waals surface area contributed by atoms with E-state index in [2.05, 4.69) is 6.92 Å². The molecule has 0 unspecified atom stereocenters. The highest BCUT2D eigenvalue weighted by molar-refractivity contribution is 5.94. The van der Waals surface area contributed by atoms with Crippen molar-refractivity contribution in [2.24, 2.45) is 0 Å². The molecule has 1 aromatic heterocycles. The molecule has 2 aromatic carbocycles. The Hall–Kier alpha value is -3.34. The van der Waals surface area contributed by atoms with Crippen molar-refractivity contribution < 1.29 is 19.4 Å². The number of hydrogen-bond donors (Lipinski definition) is 1. The maximum Gasteiger partial charge on any atom is 0.342 e. The van der Waals surface area contributed by atoms with Crippen LogP contribution in [0.1, 0.15) is 91.7 Å². The Kier molecular flexibility index (Phi) is 10.8. The van der Waals surface area contributed by atoms with Gasteiger partial charge in [-0.1, -0.05) is 82.7 Å². The summed E-state index contributed by atoms with van der Waals surface area (Å²) in [5.41, 5.74) is 3.22. The number of pyridine rings is 1. The van der Waals surface area contributed by atoms with Gasteiger partial charge in [-0.2, -0.15) is 0 Å². The van der Waals surface area contributed by atoms with Crippen LogP contribution in [0.2, 0.25) is 0 Å². The molecule has 0 fully saturated rings. The second-order valence-electron chi connectivity index (χ2n) is 9.25. The van der Waals surface area contributed by atoms with Gasteiger partial charge >= 0.3 is 5.97 Å². The molecule has 1 N–H and O–H groups in total. The number of aryl methyl sites for hydroxylation is 1. The van der Waals surface area contributed by atoms with E-state index in [-0.39, 0.29) is 11.3 Å². The first kappa shape index (κ1) is 27.3. The third-order valence-corrected chi connectivity index (χ3v) is 6.26. The summed E-state index contributed by atoms with van der Waals surface area (Å²) in [6, 6.07) is 17.5. The van der Waals surface area contributed by atoms with Crippen LogP contribution in [0, 0.1) is 6.92 Å². The molecule has 3 rings (SSSR count). The van der Waals surface area contributed by atoms with E-state index in [0.29, 0.717) is 30.7 Å². The van der Waals surface area contributed by atoms with Gasteiger partial charge in [-0.3, -0.25) is 4.98 Å². The summed E-state index contributed by atoms with van der Waals surface area (Å²) in [7, 11) is 0. The van der Waals surface area contributed by atoms with Gasteiger partial charge in [-0.15, -0.1) is 0 Å². The number of carbonyl (C=O) groups is 1. The first-order chi connectivity index (χ1) is 17.5. The second kappa shape index (κ2) is 14.3. The lowest BCUT2D eigenvalue weighted by Crippen LogP contribution is -2.13. The predicted octanol–water partition coefficient (Wildman–Crippen LogP) is 7.95. The number of benzene rings is 2. The molecule has 0 atom stereocenters. The molecule has 3 aromatic rings. The first-order valence-electron chi connectivity index (χ1n) is 13.2. The largest absolute Gasteiger partial charge is 0.505 e. The van der Waals surface area contributed by atoms with Gasteiger partial charge in [0.1, 0.15) is 17.1 Å². The van der Waals surface area contributed by atoms with Gasteiger partial charge in [-0.05, 0) is 55.2 Å². The number of aromatic nitrogens is 1. The van der Waals surface area contributed by atoms with Crippen LogP contribution in [0.5, 0.6) is 17.2 Å². The minimum absolute atomic E-state index is 0.0489. The summed E-state index contributed by atoms with van der Waals surface area (Å²) < 4.78 is 11.6. The van der Waals surface area contributed by atoms with Crippen LogP contribution in [0.25, 0.3) is 0 Å². The lowest BCUT2D eigenvalue weighted by Gasteiger charge is -2.16. The molecule has 5 heteroatoms. The Morgan fingerprint density at radius 2 is 1.58 bits per heavy atom. The molecule has 0 aliphatic carbocycles. The average molecular weight is 490 g/mol. The molecule has 0 aliphatic heterocycles. The highest BCUT2D eigenvalue weighted by atomic mass is 16.5. The van der Waals surface area contributed by atoms with Crippen molar-refractivity contribution in [3.8, 4) is 17.2 Å². The van der Waals surface area contributed by atoms with E-state index in [1.54, 1.807) is 0 Å². The summed E-state index contributed by atoms with van der Waals surface area (Å²) in [6.07, 6.45) is 8.64. The van der Waals surface area contributed by atoms with Crippen molar-refractivity contribution in [3.05, 3.63) is 82.7 Å².